The standard InChI is InChI=1S/C15H17ClN2O2/c16-12-4-3-5-13(9-12)18-10-11(8-14(18)19)15(20)17-6-1-2-7-17/h3-5,9,11H,1-2,6-8,10H2/t11-/m0/s1. The molecular weight excluding hydrogens is 276 g/mol. The fraction of sp³-hybridized carbons (Fsp3) is 0.467. The minimum atomic E-state index is -0.209. The lowest BCUT2D eigenvalue weighted by Gasteiger charge is -2.20. The molecule has 0 saturated carbocycles. The molecule has 0 spiro atoms. The molecule has 0 aromatic heterocycles. The molecule has 0 radical (unpaired) electrons. The topological polar surface area (TPSA) is 40.6 Å². The molecule has 2 aliphatic rings. The summed E-state index contributed by atoms with van der Waals surface area (Å²) in [5.74, 6) is -0.0789. The SMILES string of the molecule is O=C([C@H]1CC(=O)N(c2cccc(Cl)c2)C1)N1CCCC1. The van der Waals surface area contributed by atoms with Crippen LogP contribution in [0.15, 0.2) is 24.3 Å². The highest BCUT2D eigenvalue weighted by atomic mass is 35.5. The van der Waals surface area contributed by atoms with Crippen molar-refractivity contribution in [2.75, 3.05) is 24.5 Å². The third-order valence-electron chi connectivity index (χ3n) is 4.01. The van der Waals surface area contributed by atoms with Crippen LogP contribution in [-0.4, -0.2) is 36.3 Å². The largest absolute Gasteiger partial charge is 0.342 e. The van der Waals surface area contributed by atoms with Gasteiger partial charge in [0.25, 0.3) is 0 Å². The number of benzene rings is 1. The van der Waals surface area contributed by atoms with Crippen molar-refractivity contribution in [1.82, 2.24) is 4.90 Å². The Morgan fingerprint density at radius 2 is 2.00 bits per heavy atom. The lowest BCUT2D eigenvalue weighted by Crippen LogP contribution is -2.35. The number of hydrogen-bond donors (Lipinski definition) is 0. The van der Waals surface area contributed by atoms with Crippen molar-refractivity contribution in [2.24, 2.45) is 5.92 Å². The van der Waals surface area contributed by atoms with Crippen molar-refractivity contribution in [2.45, 2.75) is 19.3 Å². The number of hydrogen-bond acceptors (Lipinski definition) is 2. The fourth-order valence-corrected chi connectivity index (χ4v) is 3.15. The van der Waals surface area contributed by atoms with E-state index < -0.39 is 0 Å². The molecule has 5 heteroatoms. The number of halogens is 1. The summed E-state index contributed by atoms with van der Waals surface area (Å²) < 4.78 is 0. The Bertz CT molecular complexity index is 540. The molecule has 1 aromatic rings. The molecule has 1 atom stereocenters. The van der Waals surface area contributed by atoms with Crippen LogP contribution in [0.3, 0.4) is 0 Å². The van der Waals surface area contributed by atoms with E-state index in [1.165, 1.54) is 0 Å². The van der Waals surface area contributed by atoms with Gasteiger partial charge in [0.15, 0.2) is 0 Å². The van der Waals surface area contributed by atoms with E-state index in [1.807, 2.05) is 17.0 Å². The molecule has 0 unspecified atom stereocenters. The van der Waals surface area contributed by atoms with Crippen LogP contribution < -0.4 is 4.90 Å². The molecule has 20 heavy (non-hydrogen) atoms. The minimum Gasteiger partial charge on any atom is -0.342 e. The van der Waals surface area contributed by atoms with E-state index in [2.05, 4.69) is 0 Å². The van der Waals surface area contributed by atoms with Gasteiger partial charge in [-0.3, -0.25) is 9.59 Å². The highest BCUT2D eigenvalue weighted by Gasteiger charge is 2.37. The number of carbonyl (C=O) groups excluding carboxylic acids is 2. The van der Waals surface area contributed by atoms with Crippen molar-refractivity contribution >= 4 is 29.1 Å². The van der Waals surface area contributed by atoms with Crippen molar-refractivity contribution < 1.29 is 9.59 Å². The first-order valence-corrected chi connectivity index (χ1v) is 7.37. The Balaban J connectivity index is 1.73. The summed E-state index contributed by atoms with van der Waals surface area (Å²) in [6.45, 7) is 2.13. The fourth-order valence-electron chi connectivity index (χ4n) is 2.96. The number of likely N-dealkylation sites (tertiary alicyclic amines) is 1. The Morgan fingerprint density at radius 1 is 1.25 bits per heavy atom. The first kappa shape index (κ1) is 13.4. The van der Waals surface area contributed by atoms with Gasteiger partial charge in [0, 0.05) is 36.8 Å². The molecule has 2 heterocycles. The zero-order valence-electron chi connectivity index (χ0n) is 11.2. The maximum absolute atomic E-state index is 12.4. The van der Waals surface area contributed by atoms with Crippen molar-refractivity contribution in [1.29, 1.82) is 0 Å². The van der Waals surface area contributed by atoms with Crippen LogP contribution in [-0.2, 0) is 9.59 Å². The van der Waals surface area contributed by atoms with Crippen LogP contribution >= 0.6 is 11.6 Å². The van der Waals surface area contributed by atoms with Crippen LogP contribution in [0.4, 0.5) is 5.69 Å². The summed E-state index contributed by atoms with van der Waals surface area (Å²) in [5, 5.41) is 0.601. The van der Waals surface area contributed by atoms with Crippen molar-refractivity contribution in [3.63, 3.8) is 0 Å². The van der Waals surface area contributed by atoms with Gasteiger partial charge in [0.1, 0.15) is 0 Å². The Kier molecular flexibility index (Phi) is 3.66. The van der Waals surface area contributed by atoms with E-state index in [0.29, 0.717) is 18.0 Å². The first-order valence-electron chi connectivity index (χ1n) is 7.00. The summed E-state index contributed by atoms with van der Waals surface area (Å²) in [7, 11) is 0. The summed E-state index contributed by atoms with van der Waals surface area (Å²) >= 11 is 5.96. The highest BCUT2D eigenvalue weighted by Crippen LogP contribution is 2.28. The summed E-state index contributed by atoms with van der Waals surface area (Å²) in [5.41, 5.74) is 0.777. The second-order valence-corrected chi connectivity index (χ2v) is 5.85. The molecule has 0 bridgehead atoms. The number of carbonyl (C=O) groups is 2. The maximum Gasteiger partial charge on any atom is 0.228 e. The molecule has 4 nitrogen and oxygen atoms in total. The third-order valence-corrected chi connectivity index (χ3v) is 4.25. The zero-order valence-corrected chi connectivity index (χ0v) is 12.0. The van der Waals surface area contributed by atoms with Crippen LogP contribution in [0.2, 0.25) is 5.02 Å². The Labute approximate surface area is 123 Å². The number of anilines is 1. The summed E-state index contributed by atoms with van der Waals surface area (Å²) in [6, 6.07) is 7.22. The van der Waals surface area contributed by atoms with E-state index in [4.69, 9.17) is 11.6 Å². The third kappa shape index (κ3) is 2.52. The zero-order chi connectivity index (χ0) is 14.1. The second-order valence-electron chi connectivity index (χ2n) is 5.42. The molecular formula is C15H17ClN2O2. The molecule has 2 saturated heterocycles. The van der Waals surface area contributed by atoms with E-state index >= 15 is 0 Å². The predicted molar refractivity (Wildman–Crippen MR) is 77.7 cm³/mol. The molecule has 2 fully saturated rings. The van der Waals surface area contributed by atoms with Crippen LogP contribution in [0.1, 0.15) is 19.3 Å². The maximum atomic E-state index is 12.4. The van der Waals surface area contributed by atoms with E-state index in [9.17, 15) is 9.59 Å². The molecule has 0 aliphatic carbocycles. The van der Waals surface area contributed by atoms with Crippen LogP contribution in [0.25, 0.3) is 0 Å². The van der Waals surface area contributed by atoms with Gasteiger partial charge in [0.2, 0.25) is 11.8 Å². The lowest BCUT2D eigenvalue weighted by molar-refractivity contribution is -0.134. The van der Waals surface area contributed by atoms with Gasteiger partial charge in [-0.2, -0.15) is 0 Å². The van der Waals surface area contributed by atoms with Crippen molar-refractivity contribution in [3.8, 4) is 0 Å². The Morgan fingerprint density at radius 3 is 2.70 bits per heavy atom. The highest BCUT2D eigenvalue weighted by molar-refractivity contribution is 6.30. The van der Waals surface area contributed by atoms with E-state index in [-0.39, 0.29) is 17.7 Å². The van der Waals surface area contributed by atoms with E-state index in [0.717, 1.165) is 31.6 Å². The van der Waals surface area contributed by atoms with Crippen molar-refractivity contribution in [3.05, 3.63) is 29.3 Å². The molecule has 106 valence electrons. The number of rotatable bonds is 2. The predicted octanol–water partition coefficient (Wildman–Crippen LogP) is 2.32. The first-order chi connectivity index (χ1) is 9.65. The summed E-state index contributed by atoms with van der Waals surface area (Å²) in [6.07, 6.45) is 2.46. The second kappa shape index (κ2) is 5.44. The molecule has 2 amide bonds. The monoisotopic (exact) mass is 292 g/mol. The van der Waals surface area contributed by atoms with Gasteiger partial charge in [-0.05, 0) is 31.0 Å². The normalized spacial score (nSPS) is 22.6. The van der Waals surface area contributed by atoms with Crippen LogP contribution in [0.5, 0.6) is 0 Å². The minimum absolute atomic E-state index is 0.00446. The van der Waals surface area contributed by atoms with E-state index in [1.54, 1.807) is 17.0 Å². The quantitative estimate of drug-likeness (QED) is 0.839. The van der Waals surface area contributed by atoms with Gasteiger partial charge in [0.05, 0.1) is 5.92 Å². The summed E-state index contributed by atoms with van der Waals surface area (Å²) in [4.78, 5) is 28.0. The molecule has 3 rings (SSSR count). The smallest absolute Gasteiger partial charge is 0.228 e. The van der Waals surface area contributed by atoms with Gasteiger partial charge >= 0.3 is 0 Å². The molecule has 1 aromatic carbocycles. The number of nitrogens with zero attached hydrogens (tertiary/aromatic N) is 2. The Hall–Kier alpha value is -1.55. The molecule has 0 N–H and O–H groups in total. The average Bonchev–Trinajstić information content (AvgIpc) is 3.07. The number of amides is 2. The van der Waals surface area contributed by atoms with Gasteiger partial charge in [-0.15, -0.1) is 0 Å². The lowest BCUT2D eigenvalue weighted by atomic mass is 10.1. The van der Waals surface area contributed by atoms with Gasteiger partial charge in [-0.1, -0.05) is 17.7 Å². The van der Waals surface area contributed by atoms with Gasteiger partial charge in [-0.25, -0.2) is 0 Å². The average molecular weight is 293 g/mol. The van der Waals surface area contributed by atoms with Gasteiger partial charge < -0.3 is 9.80 Å². The molecule has 2 aliphatic heterocycles. The van der Waals surface area contributed by atoms with Crippen LogP contribution in [0, 0.1) is 5.92 Å².